The summed E-state index contributed by atoms with van der Waals surface area (Å²) in [5.41, 5.74) is 2.70. The van der Waals surface area contributed by atoms with Gasteiger partial charge in [-0.2, -0.15) is 0 Å². The van der Waals surface area contributed by atoms with Gasteiger partial charge in [0.2, 0.25) is 5.91 Å². The minimum absolute atomic E-state index is 0.0604. The van der Waals surface area contributed by atoms with Crippen molar-refractivity contribution < 1.29 is 4.79 Å². The van der Waals surface area contributed by atoms with Crippen molar-refractivity contribution in [2.45, 2.75) is 38.9 Å². The number of imidazole rings is 1. The van der Waals surface area contributed by atoms with Crippen LogP contribution in [0.1, 0.15) is 31.0 Å². The Hall–Kier alpha value is -2.81. The van der Waals surface area contributed by atoms with Crippen molar-refractivity contribution in [2.75, 3.05) is 11.1 Å². The number of nitrogens with zero attached hydrogens (tertiary/aromatic N) is 4. The molecular weight excluding hydrogens is 390 g/mol. The fourth-order valence-electron chi connectivity index (χ4n) is 3.16. The molecule has 9 heteroatoms. The molecule has 0 saturated heterocycles. The van der Waals surface area contributed by atoms with Gasteiger partial charge < -0.3 is 9.88 Å². The number of rotatable bonds is 5. The van der Waals surface area contributed by atoms with E-state index in [0.29, 0.717) is 16.3 Å². The van der Waals surface area contributed by atoms with Crippen molar-refractivity contribution >= 4 is 34.5 Å². The average Bonchev–Trinajstić information content (AvgIpc) is 3.06. The zero-order valence-corrected chi connectivity index (χ0v) is 18.3. The van der Waals surface area contributed by atoms with E-state index in [1.807, 2.05) is 45.9 Å². The highest BCUT2D eigenvalue weighted by Crippen LogP contribution is 2.26. The molecule has 2 aromatic heterocycles. The zero-order chi connectivity index (χ0) is 21.5. The number of fused-ring (bicyclic) bond motifs is 1. The molecule has 0 saturated carbocycles. The Labute approximate surface area is 172 Å². The molecule has 2 heterocycles. The molecule has 0 aliphatic heterocycles. The van der Waals surface area contributed by atoms with Crippen LogP contribution in [0.15, 0.2) is 32.9 Å². The number of nitrogens with one attached hydrogen (secondary N) is 1. The highest BCUT2D eigenvalue weighted by atomic mass is 32.2. The van der Waals surface area contributed by atoms with Crippen LogP contribution in [0.2, 0.25) is 0 Å². The molecule has 8 nitrogen and oxygen atoms in total. The van der Waals surface area contributed by atoms with Crippen LogP contribution in [-0.4, -0.2) is 30.3 Å². The van der Waals surface area contributed by atoms with Crippen LogP contribution < -0.4 is 16.6 Å². The third kappa shape index (κ3) is 3.87. The number of thioether (sulfide) groups is 1. The van der Waals surface area contributed by atoms with E-state index in [1.165, 1.54) is 23.4 Å². The van der Waals surface area contributed by atoms with Gasteiger partial charge in [-0.3, -0.25) is 18.7 Å². The summed E-state index contributed by atoms with van der Waals surface area (Å²) in [6, 6.07) is 5.83. The Kier molecular flexibility index (Phi) is 5.70. The molecule has 0 bridgehead atoms. The maximum Gasteiger partial charge on any atom is 0.332 e. The number of hydrogen-bond donors (Lipinski definition) is 1. The summed E-state index contributed by atoms with van der Waals surface area (Å²) in [6.07, 6.45) is 0. The van der Waals surface area contributed by atoms with Crippen molar-refractivity contribution in [1.82, 2.24) is 18.7 Å². The molecule has 0 fully saturated rings. The Morgan fingerprint density at radius 3 is 2.52 bits per heavy atom. The Balaban J connectivity index is 1.93. The van der Waals surface area contributed by atoms with Gasteiger partial charge in [0.15, 0.2) is 16.3 Å². The van der Waals surface area contributed by atoms with E-state index < -0.39 is 11.2 Å². The molecular formula is C20H25N5O3S. The Morgan fingerprint density at radius 1 is 1.17 bits per heavy atom. The van der Waals surface area contributed by atoms with Gasteiger partial charge in [-0.1, -0.05) is 23.9 Å². The first-order valence-electron chi connectivity index (χ1n) is 9.29. The third-order valence-electron chi connectivity index (χ3n) is 4.78. The standard InChI is InChI=1S/C20H25N5O3S/c1-11(2)25-16-17(23(5)20(28)24(6)18(16)27)22-19(25)29-10-15(26)21-14-9-12(3)7-8-13(14)4/h7-9,11H,10H2,1-6H3,(H,21,26). The van der Waals surface area contributed by atoms with E-state index in [0.717, 1.165) is 21.4 Å². The van der Waals surface area contributed by atoms with E-state index in [1.54, 1.807) is 11.6 Å². The van der Waals surface area contributed by atoms with Crippen LogP contribution in [0.4, 0.5) is 5.69 Å². The van der Waals surface area contributed by atoms with E-state index in [-0.39, 0.29) is 17.7 Å². The smallest absolute Gasteiger partial charge is 0.325 e. The largest absolute Gasteiger partial charge is 0.332 e. The first-order chi connectivity index (χ1) is 13.6. The molecule has 0 aliphatic rings. The fraction of sp³-hybridized carbons (Fsp3) is 0.400. The molecule has 1 aromatic carbocycles. The molecule has 0 unspecified atom stereocenters. The van der Waals surface area contributed by atoms with Gasteiger partial charge in [0.05, 0.1) is 5.75 Å². The molecule has 0 aliphatic carbocycles. The van der Waals surface area contributed by atoms with Gasteiger partial charge >= 0.3 is 5.69 Å². The van der Waals surface area contributed by atoms with Crippen LogP contribution in [0, 0.1) is 13.8 Å². The predicted molar refractivity (Wildman–Crippen MR) is 116 cm³/mol. The van der Waals surface area contributed by atoms with Gasteiger partial charge in [-0.05, 0) is 44.9 Å². The van der Waals surface area contributed by atoms with Crippen molar-refractivity contribution in [2.24, 2.45) is 14.1 Å². The molecule has 3 aromatic rings. The second-order valence-corrected chi connectivity index (χ2v) is 8.33. The molecule has 1 N–H and O–H groups in total. The van der Waals surface area contributed by atoms with E-state index in [9.17, 15) is 14.4 Å². The molecule has 154 valence electrons. The SMILES string of the molecule is Cc1ccc(C)c(NC(=O)CSc2nc3c(c(=O)n(C)c(=O)n3C)n2C(C)C)c1. The van der Waals surface area contributed by atoms with Crippen LogP contribution in [-0.2, 0) is 18.9 Å². The van der Waals surface area contributed by atoms with Gasteiger partial charge in [0.1, 0.15) is 0 Å². The summed E-state index contributed by atoms with van der Waals surface area (Å²) in [5, 5.41) is 3.46. The van der Waals surface area contributed by atoms with E-state index in [2.05, 4.69) is 10.3 Å². The van der Waals surface area contributed by atoms with Crippen molar-refractivity contribution in [1.29, 1.82) is 0 Å². The number of aryl methyl sites for hydroxylation is 3. The van der Waals surface area contributed by atoms with Crippen LogP contribution in [0.25, 0.3) is 11.2 Å². The molecule has 0 spiro atoms. The Morgan fingerprint density at radius 2 is 1.86 bits per heavy atom. The lowest BCUT2D eigenvalue weighted by Gasteiger charge is -2.13. The van der Waals surface area contributed by atoms with Crippen molar-refractivity contribution in [3.05, 3.63) is 50.2 Å². The number of carbonyl (C=O) groups is 1. The number of amides is 1. The molecule has 0 radical (unpaired) electrons. The van der Waals surface area contributed by atoms with Crippen molar-refractivity contribution in [3.63, 3.8) is 0 Å². The first-order valence-corrected chi connectivity index (χ1v) is 10.3. The normalized spacial score (nSPS) is 11.4. The first kappa shape index (κ1) is 20.9. The number of anilines is 1. The minimum atomic E-state index is -0.430. The zero-order valence-electron chi connectivity index (χ0n) is 17.4. The minimum Gasteiger partial charge on any atom is -0.325 e. The maximum absolute atomic E-state index is 12.7. The number of aromatic nitrogens is 4. The summed E-state index contributed by atoms with van der Waals surface area (Å²) < 4.78 is 4.22. The predicted octanol–water partition coefficient (Wildman–Crippen LogP) is 2.36. The number of hydrogen-bond acceptors (Lipinski definition) is 5. The maximum atomic E-state index is 12.7. The van der Waals surface area contributed by atoms with Crippen LogP contribution >= 0.6 is 11.8 Å². The lowest BCUT2D eigenvalue weighted by molar-refractivity contribution is -0.113. The van der Waals surface area contributed by atoms with Gasteiger partial charge in [-0.15, -0.1) is 0 Å². The summed E-state index contributed by atoms with van der Waals surface area (Å²) in [4.78, 5) is 41.9. The monoisotopic (exact) mass is 415 g/mol. The van der Waals surface area contributed by atoms with Crippen molar-refractivity contribution in [3.8, 4) is 0 Å². The Bertz CT molecular complexity index is 1220. The highest BCUT2D eigenvalue weighted by Gasteiger charge is 2.21. The second kappa shape index (κ2) is 7.90. The fourth-order valence-corrected chi connectivity index (χ4v) is 4.09. The summed E-state index contributed by atoms with van der Waals surface area (Å²) in [5.74, 6) is -0.0228. The lowest BCUT2D eigenvalue weighted by Crippen LogP contribution is -2.37. The van der Waals surface area contributed by atoms with E-state index >= 15 is 0 Å². The lowest BCUT2D eigenvalue weighted by atomic mass is 10.1. The summed E-state index contributed by atoms with van der Waals surface area (Å²) in [7, 11) is 3.04. The molecule has 1 amide bonds. The number of benzene rings is 1. The number of carbonyl (C=O) groups excluding carboxylic acids is 1. The van der Waals surface area contributed by atoms with Crippen LogP contribution in [0.3, 0.4) is 0 Å². The third-order valence-corrected chi connectivity index (χ3v) is 5.73. The van der Waals surface area contributed by atoms with Gasteiger partial charge in [-0.25, -0.2) is 9.78 Å². The average molecular weight is 416 g/mol. The molecule has 3 rings (SSSR count). The highest BCUT2D eigenvalue weighted by molar-refractivity contribution is 7.99. The quantitative estimate of drug-likeness (QED) is 0.646. The van der Waals surface area contributed by atoms with Crippen LogP contribution in [0.5, 0.6) is 0 Å². The summed E-state index contributed by atoms with van der Waals surface area (Å²) >= 11 is 1.24. The molecule has 29 heavy (non-hydrogen) atoms. The van der Waals surface area contributed by atoms with Gasteiger partial charge in [0, 0.05) is 25.8 Å². The van der Waals surface area contributed by atoms with E-state index in [4.69, 9.17) is 0 Å². The summed E-state index contributed by atoms with van der Waals surface area (Å²) in [6.45, 7) is 7.79. The second-order valence-electron chi connectivity index (χ2n) is 7.39. The topological polar surface area (TPSA) is 90.9 Å². The van der Waals surface area contributed by atoms with Gasteiger partial charge in [0.25, 0.3) is 5.56 Å². The molecule has 0 atom stereocenters.